The van der Waals surface area contributed by atoms with E-state index in [1.165, 1.54) is 4.90 Å². The number of benzene rings is 1. The van der Waals surface area contributed by atoms with Crippen molar-refractivity contribution in [2.24, 2.45) is 17.6 Å². The first-order valence-electron chi connectivity index (χ1n) is 13.2. The molecule has 3 aromatic heterocycles. The molecule has 12 heteroatoms. The summed E-state index contributed by atoms with van der Waals surface area (Å²) in [6.45, 7) is 5.78. The fraction of sp³-hybridized carbons (Fsp3) is 0.345. The van der Waals surface area contributed by atoms with Crippen molar-refractivity contribution >= 4 is 28.5 Å². The van der Waals surface area contributed by atoms with Gasteiger partial charge in [-0.05, 0) is 36.0 Å². The zero-order valence-electron chi connectivity index (χ0n) is 22.9. The molecule has 0 bridgehead atoms. The van der Waals surface area contributed by atoms with Crippen LogP contribution in [-0.4, -0.2) is 49.9 Å². The van der Waals surface area contributed by atoms with Crippen LogP contribution in [0, 0.1) is 23.5 Å². The third kappa shape index (κ3) is 5.47. The molecule has 0 radical (unpaired) electrons. The second-order valence-corrected chi connectivity index (χ2v) is 10.7. The van der Waals surface area contributed by atoms with Gasteiger partial charge in [0.2, 0.25) is 0 Å². The topological polar surface area (TPSA) is 136 Å². The molecule has 0 fully saturated rings. The molecule has 10 nitrogen and oxygen atoms in total. The lowest BCUT2D eigenvalue weighted by molar-refractivity contribution is -0.121. The fourth-order valence-electron chi connectivity index (χ4n) is 4.96. The summed E-state index contributed by atoms with van der Waals surface area (Å²) in [6.07, 6.45) is 3.00. The molecule has 3 N–H and O–H groups in total. The number of halogens is 2. The molecule has 2 amide bonds. The Morgan fingerprint density at radius 3 is 2.63 bits per heavy atom. The number of nitrogens with two attached hydrogens (primary N) is 1. The Bertz CT molecular complexity index is 1650. The summed E-state index contributed by atoms with van der Waals surface area (Å²) in [7, 11) is 0. The zero-order chi connectivity index (χ0) is 29.4. The van der Waals surface area contributed by atoms with Gasteiger partial charge in [-0.25, -0.2) is 18.4 Å². The number of ether oxygens (including phenoxy) is 1. The smallest absolute Gasteiger partial charge is 0.265 e. The molecule has 214 valence electrons. The van der Waals surface area contributed by atoms with Crippen molar-refractivity contribution in [2.45, 2.75) is 40.3 Å². The van der Waals surface area contributed by atoms with Crippen LogP contribution in [0.25, 0.3) is 22.2 Å². The van der Waals surface area contributed by atoms with Gasteiger partial charge in [0, 0.05) is 30.2 Å². The van der Waals surface area contributed by atoms with Crippen LogP contribution in [0.4, 0.5) is 14.5 Å². The van der Waals surface area contributed by atoms with Gasteiger partial charge >= 0.3 is 0 Å². The van der Waals surface area contributed by atoms with Gasteiger partial charge in [-0.15, -0.1) is 0 Å². The number of carbonyl (C=O) groups excluding carboxylic acids is 2. The Hall–Kier alpha value is -4.45. The lowest BCUT2D eigenvalue weighted by Crippen LogP contribution is -2.38. The van der Waals surface area contributed by atoms with E-state index in [1.807, 2.05) is 20.8 Å². The van der Waals surface area contributed by atoms with Crippen LogP contribution in [-0.2, 0) is 24.3 Å². The average molecular weight is 565 g/mol. The van der Waals surface area contributed by atoms with Gasteiger partial charge in [0.1, 0.15) is 17.4 Å². The maximum atomic E-state index is 14.4. The molecule has 1 aliphatic rings. The van der Waals surface area contributed by atoms with Crippen molar-refractivity contribution in [1.29, 1.82) is 0 Å². The number of carbonyl (C=O) groups is 2. The molecule has 1 aliphatic heterocycles. The van der Waals surface area contributed by atoms with Crippen molar-refractivity contribution in [3.05, 3.63) is 65.2 Å². The summed E-state index contributed by atoms with van der Waals surface area (Å²) in [5.74, 6) is -2.31. The van der Waals surface area contributed by atoms with Crippen LogP contribution in [0.5, 0.6) is 5.75 Å². The largest absolute Gasteiger partial charge is 0.482 e. The summed E-state index contributed by atoms with van der Waals surface area (Å²) >= 11 is 0. The number of amides is 2. The Labute approximate surface area is 234 Å². The minimum atomic E-state index is -0.863. The number of anilines is 1. The van der Waals surface area contributed by atoms with Gasteiger partial charge < -0.3 is 15.6 Å². The first-order chi connectivity index (χ1) is 19.6. The molecule has 41 heavy (non-hydrogen) atoms. The highest BCUT2D eigenvalue weighted by atomic mass is 19.1. The molecular weight excluding hydrogens is 534 g/mol. The molecule has 0 saturated heterocycles. The monoisotopic (exact) mass is 564 g/mol. The zero-order valence-corrected chi connectivity index (χ0v) is 22.9. The number of hydrogen-bond donors (Lipinski definition) is 2. The third-order valence-corrected chi connectivity index (χ3v) is 6.89. The van der Waals surface area contributed by atoms with E-state index < -0.39 is 23.4 Å². The fourth-order valence-corrected chi connectivity index (χ4v) is 4.96. The summed E-state index contributed by atoms with van der Waals surface area (Å²) in [6, 6.07) is 5.77. The molecule has 4 aromatic rings. The first-order valence-corrected chi connectivity index (χ1v) is 13.2. The summed E-state index contributed by atoms with van der Waals surface area (Å²) in [5, 5.41) is 14.7. The van der Waals surface area contributed by atoms with Crippen molar-refractivity contribution in [3.8, 4) is 16.9 Å². The number of nitrogens with zero attached hydrogens (tertiary/aromatic N) is 5. The highest BCUT2D eigenvalue weighted by Gasteiger charge is 2.29. The second-order valence-electron chi connectivity index (χ2n) is 10.7. The summed E-state index contributed by atoms with van der Waals surface area (Å²) in [4.78, 5) is 35.6. The molecule has 0 unspecified atom stereocenters. The number of fused-ring (bicyclic) bond motifs is 2. The third-order valence-electron chi connectivity index (χ3n) is 6.89. The number of aliphatic hydroxyl groups excluding tert-OH is 1. The lowest BCUT2D eigenvalue weighted by atomic mass is 9.92. The van der Waals surface area contributed by atoms with Crippen molar-refractivity contribution in [3.63, 3.8) is 0 Å². The minimum absolute atomic E-state index is 0.0266. The van der Waals surface area contributed by atoms with Gasteiger partial charge in [-0.3, -0.25) is 19.5 Å². The Kier molecular flexibility index (Phi) is 7.68. The number of rotatable bonds is 9. The molecule has 5 rings (SSSR count). The van der Waals surface area contributed by atoms with E-state index in [-0.39, 0.29) is 42.9 Å². The standard InChI is InChI=1S/C29H30F2N6O4/c1-15(2)6-21-27(28(32)40)26(19-10-34-37(29(19)35-21)11-16(3)13-38)17-4-5-23-24(7-17)41-14-25(39)36(23)12-22-20(31)8-18(30)9-33-22/h4-5,7-10,15-16,38H,6,11-14H2,1-3H3,(H2,32,40)/t16-/m1/s1. The maximum absolute atomic E-state index is 14.4. The van der Waals surface area contributed by atoms with Gasteiger partial charge in [-0.1, -0.05) is 26.8 Å². The van der Waals surface area contributed by atoms with Gasteiger partial charge in [0.15, 0.2) is 12.3 Å². The van der Waals surface area contributed by atoms with E-state index in [4.69, 9.17) is 15.5 Å². The molecule has 1 atom stereocenters. The van der Waals surface area contributed by atoms with E-state index in [2.05, 4.69) is 10.1 Å². The van der Waals surface area contributed by atoms with Crippen molar-refractivity contribution < 1.29 is 28.2 Å². The minimum Gasteiger partial charge on any atom is -0.482 e. The van der Waals surface area contributed by atoms with E-state index in [0.29, 0.717) is 58.3 Å². The van der Waals surface area contributed by atoms with Gasteiger partial charge in [-0.2, -0.15) is 5.10 Å². The Morgan fingerprint density at radius 1 is 1.17 bits per heavy atom. The molecule has 1 aromatic carbocycles. The van der Waals surface area contributed by atoms with E-state index >= 15 is 0 Å². The number of pyridine rings is 2. The van der Waals surface area contributed by atoms with Crippen LogP contribution in [0.3, 0.4) is 0 Å². The average Bonchev–Trinajstić information content (AvgIpc) is 3.31. The van der Waals surface area contributed by atoms with E-state index in [9.17, 15) is 23.5 Å². The van der Waals surface area contributed by atoms with Gasteiger partial charge in [0.05, 0.1) is 41.6 Å². The number of hydrogen-bond acceptors (Lipinski definition) is 7. The quantitative estimate of drug-likeness (QED) is 0.317. The van der Waals surface area contributed by atoms with Crippen LogP contribution in [0.2, 0.25) is 0 Å². The number of aliphatic hydroxyl groups is 1. The predicted octanol–water partition coefficient (Wildman–Crippen LogP) is 3.62. The highest BCUT2D eigenvalue weighted by Crippen LogP contribution is 2.40. The normalized spacial score (nSPS) is 13.9. The van der Waals surface area contributed by atoms with E-state index in [0.717, 1.165) is 6.20 Å². The number of primary amides is 1. The first kappa shape index (κ1) is 28.1. The van der Waals surface area contributed by atoms with E-state index in [1.54, 1.807) is 29.1 Å². The van der Waals surface area contributed by atoms with Crippen LogP contribution in [0.15, 0.2) is 36.7 Å². The van der Waals surface area contributed by atoms with Crippen LogP contribution >= 0.6 is 0 Å². The molecular formula is C29H30F2N6O4. The summed E-state index contributed by atoms with van der Waals surface area (Å²) in [5.41, 5.74) is 8.67. The molecule has 0 aliphatic carbocycles. The lowest BCUT2D eigenvalue weighted by Gasteiger charge is -2.29. The maximum Gasteiger partial charge on any atom is 0.265 e. The molecule has 0 saturated carbocycles. The highest BCUT2D eigenvalue weighted by molar-refractivity contribution is 6.09. The Balaban J connectivity index is 1.65. The van der Waals surface area contributed by atoms with Crippen molar-refractivity contribution in [2.75, 3.05) is 18.1 Å². The SMILES string of the molecule is CC(C)Cc1nc2c(cnn2C[C@@H](C)CO)c(-c2ccc3c(c2)OCC(=O)N3Cc2ncc(F)cc2F)c1C(N)=O. The predicted molar refractivity (Wildman–Crippen MR) is 147 cm³/mol. The van der Waals surface area contributed by atoms with Crippen LogP contribution in [0.1, 0.15) is 42.5 Å². The Morgan fingerprint density at radius 2 is 1.95 bits per heavy atom. The van der Waals surface area contributed by atoms with Crippen molar-refractivity contribution in [1.82, 2.24) is 19.7 Å². The van der Waals surface area contributed by atoms with Gasteiger partial charge in [0.25, 0.3) is 11.8 Å². The molecule has 4 heterocycles. The summed E-state index contributed by atoms with van der Waals surface area (Å²) < 4.78 is 35.2. The molecule has 0 spiro atoms. The van der Waals surface area contributed by atoms with Crippen LogP contribution < -0.4 is 15.4 Å². The number of aromatic nitrogens is 4. The second kappa shape index (κ2) is 11.2.